The van der Waals surface area contributed by atoms with Crippen molar-refractivity contribution in [2.75, 3.05) is 0 Å². The molecule has 1 heteroatoms. The maximum absolute atomic E-state index is 2.54. The van der Waals surface area contributed by atoms with Gasteiger partial charge in [-0.1, -0.05) is 146 Å². The Morgan fingerprint density at radius 2 is 0.740 bits per heavy atom. The van der Waals surface area contributed by atoms with Gasteiger partial charge in [-0.25, -0.2) is 0 Å². The number of benzene rings is 8. The zero-order valence-corrected chi connectivity index (χ0v) is 27.6. The van der Waals surface area contributed by atoms with E-state index in [0.717, 1.165) is 6.54 Å². The maximum atomic E-state index is 2.54. The van der Waals surface area contributed by atoms with Crippen LogP contribution in [0.1, 0.15) is 5.56 Å². The summed E-state index contributed by atoms with van der Waals surface area (Å²) < 4.78 is 2.54. The third-order valence-corrected chi connectivity index (χ3v) is 10.4. The molecular weight excluding hydrogens is 603 g/mol. The van der Waals surface area contributed by atoms with Crippen molar-refractivity contribution in [1.82, 2.24) is 4.57 Å². The van der Waals surface area contributed by atoms with Crippen LogP contribution in [0.4, 0.5) is 0 Å². The van der Waals surface area contributed by atoms with Crippen molar-refractivity contribution >= 4 is 21.8 Å². The van der Waals surface area contributed by atoms with Crippen molar-refractivity contribution in [3.8, 4) is 66.8 Å². The summed E-state index contributed by atoms with van der Waals surface area (Å²) in [6.07, 6.45) is 0. The highest BCUT2D eigenvalue weighted by molar-refractivity contribution is 6.16. The molecule has 2 heterocycles. The van der Waals surface area contributed by atoms with E-state index in [-0.39, 0.29) is 0 Å². The molecule has 50 heavy (non-hydrogen) atoms. The van der Waals surface area contributed by atoms with Crippen molar-refractivity contribution < 1.29 is 0 Å². The highest BCUT2D eigenvalue weighted by Crippen LogP contribution is 2.46. The van der Waals surface area contributed by atoms with E-state index in [4.69, 9.17) is 0 Å². The zero-order valence-electron chi connectivity index (χ0n) is 27.6. The molecule has 1 aliphatic rings. The molecule has 9 aromatic rings. The van der Waals surface area contributed by atoms with Gasteiger partial charge >= 0.3 is 0 Å². The van der Waals surface area contributed by atoms with Crippen molar-refractivity contribution in [2.24, 2.45) is 0 Å². The van der Waals surface area contributed by atoms with Crippen LogP contribution in [-0.2, 0) is 6.54 Å². The number of hydrogen-bond donors (Lipinski definition) is 0. The molecule has 0 saturated heterocycles. The maximum Gasteiger partial charge on any atom is 0.0574 e. The summed E-state index contributed by atoms with van der Waals surface area (Å²) in [4.78, 5) is 0. The summed E-state index contributed by atoms with van der Waals surface area (Å²) in [5.74, 6) is 0. The first-order chi connectivity index (χ1) is 24.8. The van der Waals surface area contributed by atoms with E-state index in [2.05, 4.69) is 193 Å². The van der Waals surface area contributed by atoms with E-state index in [0.29, 0.717) is 0 Å². The van der Waals surface area contributed by atoms with Crippen molar-refractivity contribution in [1.29, 1.82) is 0 Å². The monoisotopic (exact) mass is 635 g/mol. The minimum Gasteiger partial charge on any atom is -0.335 e. The van der Waals surface area contributed by atoms with Crippen LogP contribution in [0.5, 0.6) is 0 Å². The van der Waals surface area contributed by atoms with E-state index >= 15 is 0 Å². The van der Waals surface area contributed by atoms with Gasteiger partial charge in [-0.3, -0.25) is 0 Å². The van der Waals surface area contributed by atoms with Crippen LogP contribution < -0.4 is 0 Å². The van der Waals surface area contributed by atoms with Gasteiger partial charge in [-0.2, -0.15) is 0 Å². The normalized spacial score (nSPS) is 11.9. The average Bonchev–Trinajstić information content (AvgIpc) is 3.51. The fraction of sp³-hybridized carbons (Fsp3) is 0.0204. The van der Waals surface area contributed by atoms with Gasteiger partial charge in [0.15, 0.2) is 0 Å². The SMILES string of the molecule is c1ccc(-c2cccc(-c3ccc4c(c3)c3cc(-c5cccc(-c6ccccc6)c5)cc5c3n4Cc3ccc(-c4ccccc4)cc3-5)c2)cc1. The van der Waals surface area contributed by atoms with Crippen LogP contribution in [0.3, 0.4) is 0 Å². The van der Waals surface area contributed by atoms with E-state index in [1.165, 1.54) is 94.1 Å². The predicted octanol–water partition coefficient (Wildman–Crippen LogP) is 13.2. The molecule has 0 unspecified atom stereocenters. The second-order valence-corrected chi connectivity index (χ2v) is 13.4. The average molecular weight is 636 g/mol. The lowest BCUT2D eigenvalue weighted by Crippen LogP contribution is -2.07. The second kappa shape index (κ2) is 11.6. The Hall–Kier alpha value is -6.44. The lowest BCUT2D eigenvalue weighted by atomic mass is 9.88. The van der Waals surface area contributed by atoms with Gasteiger partial charge in [0.25, 0.3) is 0 Å². The fourth-order valence-corrected chi connectivity index (χ4v) is 7.92. The molecule has 0 aliphatic carbocycles. The summed E-state index contributed by atoms with van der Waals surface area (Å²) in [6, 6.07) is 68.9. The summed E-state index contributed by atoms with van der Waals surface area (Å²) >= 11 is 0. The topological polar surface area (TPSA) is 4.93 Å². The molecule has 0 atom stereocenters. The quantitative estimate of drug-likeness (QED) is 0.177. The molecule has 0 fully saturated rings. The minimum absolute atomic E-state index is 0.850. The number of rotatable bonds is 5. The standard InChI is InChI=1S/C49H33N/c1-4-12-33(13-5-1)36-18-10-20-38(26-36)41-24-25-48-45(29-41)47-31-43(39-21-11-19-37(27-39)34-14-6-2-7-15-34)30-46-44-28-40(35-16-8-3-9-17-35)22-23-42(44)32-50(48)49(46)47/h1-31H,32H2. The Morgan fingerprint density at radius 1 is 0.300 bits per heavy atom. The van der Waals surface area contributed by atoms with Gasteiger partial charge in [0.1, 0.15) is 0 Å². The highest BCUT2D eigenvalue weighted by Gasteiger charge is 2.24. The Morgan fingerprint density at radius 3 is 1.34 bits per heavy atom. The smallest absolute Gasteiger partial charge is 0.0574 e. The van der Waals surface area contributed by atoms with E-state index in [1.807, 2.05) is 0 Å². The molecule has 8 aromatic carbocycles. The van der Waals surface area contributed by atoms with Crippen molar-refractivity contribution in [3.63, 3.8) is 0 Å². The fourth-order valence-electron chi connectivity index (χ4n) is 7.92. The Labute approximate surface area is 292 Å². The van der Waals surface area contributed by atoms with Crippen LogP contribution >= 0.6 is 0 Å². The number of fused-ring (bicyclic) bond motifs is 5. The van der Waals surface area contributed by atoms with Crippen LogP contribution in [0.25, 0.3) is 88.6 Å². The predicted molar refractivity (Wildman–Crippen MR) is 211 cm³/mol. The van der Waals surface area contributed by atoms with Gasteiger partial charge in [0.05, 0.1) is 5.52 Å². The summed E-state index contributed by atoms with van der Waals surface area (Å²) in [7, 11) is 0. The molecule has 0 amide bonds. The molecular formula is C49H33N. The number of hydrogen-bond acceptors (Lipinski definition) is 0. The molecule has 1 aliphatic heterocycles. The van der Waals surface area contributed by atoms with E-state index in [9.17, 15) is 0 Å². The molecule has 0 saturated carbocycles. The summed E-state index contributed by atoms with van der Waals surface area (Å²) in [5, 5.41) is 2.59. The molecule has 0 radical (unpaired) electrons. The lowest BCUT2D eigenvalue weighted by Gasteiger charge is -2.22. The molecule has 1 nitrogen and oxygen atoms in total. The number of nitrogens with zero attached hydrogens (tertiary/aromatic N) is 1. The Kier molecular flexibility index (Phi) is 6.63. The first-order valence-corrected chi connectivity index (χ1v) is 17.4. The van der Waals surface area contributed by atoms with Crippen LogP contribution in [0.15, 0.2) is 188 Å². The van der Waals surface area contributed by atoms with Crippen molar-refractivity contribution in [3.05, 3.63) is 194 Å². The highest BCUT2D eigenvalue weighted by atomic mass is 15.0. The van der Waals surface area contributed by atoms with Crippen LogP contribution in [0.2, 0.25) is 0 Å². The van der Waals surface area contributed by atoms with Crippen LogP contribution in [0, 0.1) is 0 Å². The first kappa shape index (κ1) is 28.6. The first-order valence-electron chi connectivity index (χ1n) is 17.4. The lowest BCUT2D eigenvalue weighted by molar-refractivity contribution is 0.861. The number of aromatic nitrogens is 1. The third kappa shape index (κ3) is 4.78. The summed E-state index contributed by atoms with van der Waals surface area (Å²) in [5.41, 5.74) is 18.9. The van der Waals surface area contributed by atoms with Gasteiger partial charge in [0, 0.05) is 28.4 Å². The third-order valence-electron chi connectivity index (χ3n) is 10.4. The summed E-state index contributed by atoms with van der Waals surface area (Å²) in [6.45, 7) is 0.850. The minimum atomic E-state index is 0.850. The van der Waals surface area contributed by atoms with E-state index < -0.39 is 0 Å². The second-order valence-electron chi connectivity index (χ2n) is 13.4. The zero-order chi connectivity index (χ0) is 33.0. The van der Waals surface area contributed by atoms with E-state index in [1.54, 1.807) is 0 Å². The molecule has 1 aromatic heterocycles. The largest absolute Gasteiger partial charge is 0.335 e. The molecule has 0 N–H and O–H groups in total. The van der Waals surface area contributed by atoms with Crippen molar-refractivity contribution in [2.45, 2.75) is 6.54 Å². The molecule has 0 spiro atoms. The van der Waals surface area contributed by atoms with Gasteiger partial charge in [-0.05, 0) is 109 Å². The molecule has 234 valence electrons. The van der Waals surface area contributed by atoms with Crippen LogP contribution in [-0.4, -0.2) is 4.57 Å². The molecule has 0 bridgehead atoms. The van der Waals surface area contributed by atoms with Gasteiger partial charge < -0.3 is 4.57 Å². The molecule has 10 rings (SSSR count). The Bertz CT molecular complexity index is 2700. The Balaban J connectivity index is 1.20. The van der Waals surface area contributed by atoms with Gasteiger partial charge in [0.2, 0.25) is 0 Å². The van der Waals surface area contributed by atoms with Gasteiger partial charge in [-0.15, -0.1) is 0 Å².